The minimum absolute atomic E-state index is 0.468. The third kappa shape index (κ3) is 4.68. The highest BCUT2D eigenvalue weighted by Crippen LogP contribution is 2.19. The van der Waals surface area contributed by atoms with Crippen molar-refractivity contribution < 1.29 is 14.6 Å². The van der Waals surface area contributed by atoms with Crippen LogP contribution in [0, 0.1) is 0 Å². The lowest BCUT2D eigenvalue weighted by Crippen LogP contribution is -2.20. The van der Waals surface area contributed by atoms with Gasteiger partial charge in [-0.15, -0.1) is 0 Å². The zero-order chi connectivity index (χ0) is 17.5. The Kier molecular flexibility index (Phi) is 5.44. The first kappa shape index (κ1) is 16.7. The quantitative estimate of drug-likeness (QED) is 0.718. The van der Waals surface area contributed by atoms with Crippen molar-refractivity contribution in [2.75, 3.05) is 5.32 Å². The summed E-state index contributed by atoms with van der Waals surface area (Å²) >= 11 is 0. The molecule has 3 rings (SSSR count). The van der Waals surface area contributed by atoms with E-state index in [0.29, 0.717) is 23.6 Å². The molecule has 0 saturated heterocycles. The largest absolute Gasteiger partial charge is 0.489 e. The molecule has 0 fully saturated rings. The van der Waals surface area contributed by atoms with Crippen molar-refractivity contribution in [2.24, 2.45) is 0 Å². The molecular weight excluding hydrogens is 314 g/mol. The van der Waals surface area contributed by atoms with Gasteiger partial charge in [-0.2, -0.15) is 0 Å². The zero-order valence-electron chi connectivity index (χ0n) is 13.6. The van der Waals surface area contributed by atoms with Crippen molar-refractivity contribution in [1.82, 2.24) is 0 Å². The second-order valence-electron chi connectivity index (χ2n) is 5.60. The van der Waals surface area contributed by atoms with Crippen LogP contribution in [0.15, 0.2) is 84.9 Å². The fraction of sp³-hybridized carbons (Fsp3) is 0.0952. The number of hydrogen-bond donors (Lipinski definition) is 2. The first-order valence-corrected chi connectivity index (χ1v) is 8.03. The van der Waals surface area contributed by atoms with Crippen LogP contribution >= 0.6 is 0 Å². The Morgan fingerprint density at radius 3 is 2.12 bits per heavy atom. The minimum atomic E-state index is -1.20. The molecule has 0 aliphatic carbocycles. The van der Waals surface area contributed by atoms with Gasteiger partial charge in [0.1, 0.15) is 12.4 Å². The van der Waals surface area contributed by atoms with Gasteiger partial charge in [0.15, 0.2) is 6.10 Å². The van der Waals surface area contributed by atoms with Crippen LogP contribution in [0.4, 0.5) is 5.69 Å². The Hall–Kier alpha value is -3.11. The maximum Gasteiger partial charge on any atom is 0.257 e. The van der Waals surface area contributed by atoms with Gasteiger partial charge in [0.2, 0.25) is 0 Å². The van der Waals surface area contributed by atoms with Crippen LogP contribution in [-0.4, -0.2) is 11.0 Å². The first-order valence-electron chi connectivity index (χ1n) is 8.03. The average molecular weight is 333 g/mol. The number of anilines is 1. The maximum absolute atomic E-state index is 12.1. The Morgan fingerprint density at radius 1 is 0.880 bits per heavy atom. The summed E-state index contributed by atoms with van der Waals surface area (Å²) in [4.78, 5) is 12.1. The standard InChI is InChI=1S/C21H19NO3/c23-20(17-9-5-2-6-10-17)21(24)22-18-11-13-19(14-12-18)25-15-16-7-3-1-4-8-16/h1-14,20,23H,15H2,(H,22,24). The van der Waals surface area contributed by atoms with Gasteiger partial charge >= 0.3 is 0 Å². The van der Waals surface area contributed by atoms with Crippen molar-refractivity contribution >= 4 is 11.6 Å². The number of carbonyl (C=O) groups excluding carboxylic acids is 1. The van der Waals surface area contributed by atoms with Gasteiger partial charge in [-0.05, 0) is 35.4 Å². The molecule has 3 aromatic rings. The molecule has 0 spiro atoms. The molecule has 1 atom stereocenters. The summed E-state index contributed by atoms with van der Waals surface area (Å²) in [5.74, 6) is 0.245. The summed E-state index contributed by atoms with van der Waals surface area (Å²) in [6.07, 6.45) is -1.20. The van der Waals surface area contributed by atoms with E-state index in [2.05, 4.69) is 5.32 Å². The number of hydrogen-bond acceptors (Lipinski definition) is 3. The molecule has 0 radical (unpaired) electrons. The Bertz CT molecular complexity index is 802. The molecule has 1 unspecified atom stereocenters. The van der Waals surface area contributed by atoms with Crippen LogP contribution in [0.3, 0.4) is 0 Å². The van der Waals surface area contributed by atoms with E-state index in [1.165, 1.54) is 0 Å². The molecule has 3 aromatic carbocycles. The van der Waals surface area contributed by atoms with Crippen molar-refractivity contribution in [3.8, 4) is 5.75 Å². The van der Waals surface area contributed by atoms with E-state index in [-0.39, 0.29) is 0 Å². The van der Waals surface area contributed by atoms with Crippen LogP contribution < -0.4 is 10.1 Å². The molecule has 0 saturated carbocycles. The van der Waals surface area contributed by atoms with Gasteiger partial charge in [0.05, 0.1) is 0 Å². The van der Waals surface area contributed by atoms with E-state index in [1.807, 2.05) is 36.4 Å². The van der Waals surface area contributed by atoms with Crippen molar-refractivity contribution in [3.63, 3.8) is 0 Å². The van der Waals surface area contributed by atoms with Gasteiger partial charge < -0.3 is 15.2 Å². The number of amides is 1. The summed E-state index contributed by atoms with van der Waals surface area (Å²) in [6, 6.07) is 25.8. The molecule has 0 aromatic heterocycles. The van der Waals surface area contributed by atoms with E-state index in [1.54, 1.807) is 48.5 Å². The number of nitrogens with one attached hydrogen (secondary N) is 1. The second-order valence-corrected chi connectivity index (χ2v) is 5.60. The van der Waals surface area contributed by atoms with E-state index in [4.69, 9.17) is 4.74 Å². The molecule has 25 heavy (non-hydrogen) atoms. The normalized spacial score (nSPS) is 11.6. The lowest BCUT2D eigenvalue weighted by atomic mass is 10.1. The number of ether oxygens (including phenoxy) is 1. The first-order chi connectivity index (χ1) is 12.2. The molecule has 1 amide bonds. The van der Waals surface area contributed by atoms with E-state index in [0.717, 1.165) is 5.56 Å². The molecular formula is C21H19NO3. The van der Waals surface area contributed by atoms with Crippen molar-refractivity contribution in [1.29, 1.82) is 0 Å². The van der Waals surface area contributed by atoms with Gasteiger partial charge in [-0.25, -0.2) is 0 Å². The Labute approximate surface area is 146 Å². The summed E-state index contributed by atoms with van der Waals surface area (Å²) in [7, 11) is 0. The summed E-state index contributed by atoms with van der Waals surface area (Å²) in [5, 5.41) is 12.8. The summed E-state index contributed by atoms with van der Waals surface area (Å²) < 4.78 is 5.71. The highest BCUT2D eigenvalue weighted by molar-refractivity contribution is 5.94. The number of benzene rings is 3. The third-order valence-corrected chi connectivity index (χ3v) is 3.73. The van der Waals surface area contributed by atoms with Gasteiger partial charge in [0.25, 0.3) is 5.91 Å². The molecule has 2 N–H and O–H groups in total. The van der Waals surface area contributed by atoms with Gasteiger partial charge in [0, 0.05) is 5.69 Å². The van der Waals surface area contributed by atoms with Gasteiger partial charge in [-0.3, -0.25) is 4.79 Å². The summed E-state index contributed by atoms with van der Waals surface area (Å²) in [5.41, 5.74) is 2.25. The number of carbonyl (C=O) groups is 1. The zero-order valence-corrected chi connectivity index (χ0v) is 13.6. The highest BCUT2D eigenvalue weighted by Gasteiger charge is 2.16. The number of aliphatic hydroxyl groups excluding tert-OH is 1. The van der Waals surface area contributed by atoms with Crippen molar-refractivity contribution in [3.05, 3.63) is 96.1 Å². The van der Waals surface area contributed by atoms with Crippen LogP contribution in [0.5, 0.6) is 5.75 Å². The highest BCUT2D eigenvalue weighted by atomic mass is 16.5. The molecule has 0 aliphatic rings. The van der Waals surface area contributed by atoms with Crippen molar-refractivity contribution in [2.45, 2.75) is 12.7 Å². The fourth-order valence-electron chi connectivity index (χ4n) is 2.37. The second kappa shape index (κ2) is 8.13. The monoisotopic (exact) mass is 333 g/mol. The topological polar surface area (TPSA) is 58.6 Å². The summed E-state index contributed by atoms with van der Waals surface area (Å²) in [6.45, 7) is 0.485. The molecule has 4 nitrogen and oxygen atoms in total. The Balaban J connectivity index is 1.56. The van der Waals surface area contributed by atoms with Crippen LogP contribution in [-0.2, 0) is 11.4 Å². The lowest BCUT2D eigenvalue weighted by molar-refractivity contribution is -0.124. The smallest absolute Gasteiger partial charge is 0.257 e. The predicted molar refractivity (Wildman–Crippen MR) is 97.2 cm³/mol. The maximum atomic E-state index is 12.1. The number of aliphatic hydroxyl groups is 1. The predicted octanol–water partition coefficient (Wildman–Crippen LogP) is 3.94. The Morgan fingerprint density at radius 2 is 1.48 bits per heavy atom. The SMILES string of the molecule is O=C(Nc1ccc(OCc2ccccc2)cc1)C(O)c1ccccc1. The van der Waals surface area contributed by atoms with Crippen LogP contribution in [0.2, 0.25) is 0 Å². The van der Waals surface area contributed by atoms with Crippen LogP contribution in [0.1, 0.15) is 17.2 Å². The van der Waals surface area contributed by atoms with E-state index in [9.17, 15) is 9.90 Å². The van der Waals surface area contributed by atoms with E-state index < -0.39 is 12.0 Å². The fourth-order valence-corrected chi connectivity index (χ4v) is 2.37. The van der Waals surface area contributed by atoms with E-state index >= 15 is 0 Å². The minimum Gasteiger partial charge on any atom is -0.489 e. The molecule has 4 heteroatoms. The lowest BCUT2D eigenvalue weighted by Gasteiger charge is -2.12. The molecule has 0 aliphatic heterocycles. The van der Waals surface area contributed by atoms with Gasteiger partial charge in [-0.1, -0.05) is 60.7 Å². The average Bonchev–Trinajstić information content (AvgIpc) is 2.68. The molecule has 0 heterocycles. The molecule has 126 valence electrons. The van der Waals surface area contributed by atoms with Crippen LogP contribution in [0.25, 0.3) is 0 Å². The molecule has 0 bridgehead atoms. The third-order valence-electron chi connectivity index (χ3n) is 3.73. The number of rotatable bonds is 6.